The quantitative estimate of drug-likeness (QED) is 0.399. The van der Waals surface area contributed by atoms with E-state index in [1.165, 1.54) is 0 Å². The second-order valence-corrected chi connectivity index (χ2v) is 1.21. The normalized spacial score (nSPS) is 9.60. The van der Waals surface area contributed by atoms with Gasteiger partial charge in [-0.2, -0.15) is 0 Å². The van der Waals surface area contributed by atoms with Crippen molar-refractivity contribution in [2.45, 2.75) is 0 Å². The van der Waals surface area contributed by atoms with E-state index in [-0.39, 0.29) is 6.73 Å². The Morgan fingerprint density at radius 1 is 1.60 bits per heavy atom. The van der Waals surface area contributed by atoms with Crippen LogP contribution < -0.4 is 0 Å². The topological polar surface area (TPSA) is 23.1 Å². The fourth-order valence-corrected chi connectivity index (χ4v) is 0. The molecule has 5 heavy (non-hydrogen) atoms. The SMILES string of the molecule is CN(C)C[O]. The molecule has 0 spiro atoms. The van der Waals surface area contributed by atoms with Gasteiger partial charge in [0.25, 0.3) is 0 Å². The van der Waals surface area contributed by atoms with Crippen molar-refractivity contribution >= 4 is 0 Å². The van der Waals surface area contributed by atoms with Crippen LogP contribution in [-0.2, 0) is 5.11 Å². The molecular weight excluding hydrogens is 66.0 g/mol. The molecule has 0 amide bonds. The molecule has 0 saturated carbocycles. The van der Waals surface area contributed by atoms with Crippen molar-refractivity contribution in [1.82, 2.24) is 4.90 Å². The van der Waals surface area contributed by atoms with Gasteiger partial charge in [0, 0.05) is 0 Å². The van der Waals surface area contributed by atoms with E-state index in [0.29, 0.717) is 0 Å². The first-order chi connectivity index (χ1) is 2.27. The second kappa shape index (κ2) is 2.18. The molecule has 0 aromatic rings. The molecule has 0 atom stereocenters. The van der Waals surface area contributed by atoms with Gasteiger partial charge in [0.05, 0.1) is 0 Å². The van der Waals surface area contributed by atoms with Crippen LogP contribution in [0.5, 0.6) is 0 Å². The number of nitrogens with zero attached hydrogens (tertiary/aromatic N) is 1. The van der Waals surface area contributed by atoms with E-state index in [0.717, 1.165) is 0 Å². The van der Waals surface area contributed by atoms with E-state index in [9.17, 15) is 5.11 Å². The van der Waals surface area contributed by atoms with Gasteiger partial charge in [-0.15, -0.1) is 0 Å². The van der Waals surface area contributed by atoms with Gasteiger partial charge >= 0.3 is 0 Å². The summed E-state index contributed by atoms with van der Waals surface area (Å²) in [7, 11) is 3.49. The lowest BCUT2D eigenvalue weighted by Crippen LogP contribution is -2.10. The highest BCUT2D eigenvalue weighted by atomic mass is 16.3. The monoisotopic (exact) mass is 74.1 g/mol. The zero-order valence-corrected chi connectivity index (χ0v) is 3.56. The molecule has 1 radical (unpaired) electrons. The summed E-state index contributed by atoms with van der Waals surface area (Å²) in [4.78, 5) is 1.57. The molecule has 0 unspecified atom stereocenters. The first-order valence-corrected chi connectivity index (χ1v) is 1.50. The Morgan fingerprint density at radius 3 is 1.80 bits per heavy atom. The first kappa shape index (κ1) is 4.92. The maximum Gasteiger partial charge on any atom is 0.135 e. The van der Waals surface area contributed by atoms with Gasteiger partial charge < -0.3 is 0 Å². The first-order valence-electron chi connectivity index (χ1n) is 1.50. The van der Waals surface area contributed by atoms with E-state index in [1.54, 1.807) is 19.0 Å². The molecule has 0 rings (SSSR count). The molecular formula is C3H8NO. The number of rotatable bonds is 1. The third-order valence-corrected chi connectivity index (χ3v) is 0.258. The van der Waals surface area contributed by atoms with E-state index >= 15 is 0 Å². The molecule has 0 saturated heterocycles. The summed E-state index contributed by atoms with van der Waals surface area (Å²) in [5.41, 5.74) is 0. The summed E-state index contributed by atoms with van der Waals surface area (Å²) >= 11 is 0. The predicted octanol–water partition coefficient (Wildman–Crippen LogP) is -0.0640. The average Bonchev–Trinajstić information content (AvgIpc) is 1.38. The molecule has 31 valence electrons. The van der Waals surface area contributed by atoms with Gasteiger partial charge in [-0.25, -0.2) is 5.11 Å². The standard InChI is InChI=1S/C3H8NO/c1-4(2)3-5/h3H2,1-2H3. The molecule has 0 fully saturated rings. The van der Waals surface area contributed by atoms with Gasteiger partial charge in [0.1, 0.15) is 6.73 Å². The van der Waals surface area contributed by atoms with Crippen LogP contribution in [0.1, 0.15) is 0 Å². The highest BCUT2D eigenvalue weighted by molar-refractivity contribution is 4.16. The summed E-state index contributed by atoms with van der Waals surface area (Å²) in [5.74, 6) is 0. The number of hydrogen-bond acceptors (Lipinski definition) is 1. The van der Waals surface area contributed by atoms with E-state index < -0.39 is 0 Å². The van der Waals surface area contributed by atoms with Gasteiger partial charge in [-0.05, 0) is 14.1 Å². The van der Waals surface area contributed by atoms with Gasteiger partial charge in [0.15, 0.2) is 0 Å². The predicted molar refractivity (Wildman–Crippen MR) is 19.2 cm³/mol. The largest absolute Gasteiger partial charge is 0.284 e. The third-order valence-electron chi connectivity index (χ3n) is 0.258. The minimum absolute atomic E-state index is 0.111. The highest BCUT2D eigenvalue weighted by Crippen LogP contribution is 1.61. The average molecular weight is 74.1 g/mol. The highest BCUT2D eigenvalue weighted by Gasteiger charge is 1.75. The molecule has 0 bridgehead atoms. The molecule has 0 aromatic heterocycles. The summed E-state index contributed by atoms with van der Waals surface area (Å²) in [6.45, 7) is -0.111. The maximum absolute atomic E-state index is 9.56. The fourth-order valence-electron chi connectivity index (χ4n) is 0. The summed E-state index contributed by atoms with van der Waals surface area (Å²) < 4.78 is 0. The van der Waals surface area contributed by atoms with Crippen LogP contribution in [0.2, 0.25) is 0 Å². The smallest absolute Gasteiger partial charge is 0.135 e. The zero-order chi connectivity index (χ0) is 4.28. The Bertz CT molecular complexity index is 20.9. The Labute approximate surface area is 32.0 Å². The molecule has 2 nitrogen and oxygen atoms in total. The summed E-state index contributed by atoms with van der Waals surface area (Å²) in [6.07, 6.45) is 0. The van der Waals surface area contributed by atoms with Crippen LogP contribution >= 0.6 is 0 Å². The van der Waals surface area contributed by atoms with Crippen LogP contribution in [0, 0.1) is 0 Å². The van der Waals surface area contributed by atoms with Crippen LogP contribution in [-0.4, -0.2) is 25.7 Å². The van der Waals surface area contributed by atoms with E-state index in [4.69, 9.17) is 0 Å². The maximum atomic E-state index is 9.56. The van der Waals surface area contributed by atoms with E-state index in [1.807, 2.05) is 0 Å². The third kappa shape index (κ3) is 3.92. The van der Waals surface area contributed by atoms with E-state index in [2.05, 4.69) is 0 Å². The number of hydrogen-bond donors (Lipinski definition) is 0. The van der Waals surface area contributed by atoms with Crippen LogP contribution in [0.15, 0.2) is 0 Å². The van der Waals surface area contributed by atoms with Crippen molar-refractivity contribution in [2.24, 2.45) is 0 Å². The van der Waals surface area contributed by atoms with Crippen molar-refractivity contribution in [3.05, 3.63) is 0 Å². The molecule has 0 aliphatic carbocycles. The second-order valence-electron chi connectivity index (χ2n) is 1.21. The van der Waals surface area contributed by atoms with Crippen molar-refractivity contribution in [3.8, 4) is 0 Å². The minimum Gasteiger partial charge on any atom is -0.284 e. The Hall–Kier alpha value is -0.0800. The molecule has 2 heteroatoms. The van der Waals surface area contributed by atoms with Crippen LogP contribution in [0.3, 0.4) is 0 Å². The molecule has 0 heterocycles. The van der Waals surface area contributed by atoms with Crippen molar-refractivity contribution in [1.29, 1.82) is 0 Å². The lowest BCUT2D eigenvalue weighted by atomic mass is 11.0. The van der Waals surface area contributed by atoms with Gasteiger partial charge in [0.2, 0.25) is 0 Å². The molecule has 0 aliphatic rings. The van der Waals surface area contributed by atoms with Gasteiger partial charge in [-0.3, -0.25) is 4.90 Å². The Kier molecular flexibility index (Phi) is 2.14. The van der Waals surface area contributed by atoms with Crippen LogP contribution in [0.25, 0.3) is 0 Å². The minimum atomic E-state index is -0.111. The summed E-state index contributed by atoms with van der Waals surface area (Å²) in [6, 6.07) is 0. The molecule has 0 N–H and O–H groups in total. The van der Waals surface area contributed by atoms with Crippen molar-refractivity contribution in [3.63, 3.8) is 0 Å². The lowest BCUT2D eigenvalue weighted by molar-refractivity contribution is 0.0875. The van der Waals surface area contributed by atoms with Gasteiger partial charge in [-0.1, -0.05) is 0 Å². The van der Waals surface area contributed by atoms with Crippen molar-refractivity contribution < 1.29 is 5.11 Å². The molecule has 0 aliphatic heterocycles. The lowest BCUT2D eigenvalue weighted by Gasteiger charge is -1.96. The Morgan fingerprint density at radius 2 is 1.80 bits per heavy atom. The van der Waals surface area contributed by atoms with Crippen molar-refractivity contribution in [2.75, 3.05) is 20.8 Å². The fraction of sp³-hybridized carbons (Fsp3) is 1.00. The Balaban J connectivity index is 2.54. The summed E-state index contributed by atoms with van der Waals surface area (Å²) in [5, 5.41) is 9.56. The van der Waals surface area contributed by atoms with Crippen LogP contribution in [0.4, 0.5) is 0 Å². The molecule has 0 aromatic carbocycles. The zero-order valence-electron chi connectivity index (χ0n) is 3.56.